The lowest BCUT2D eigenvalue weighted by atomic mass is 10.0. The standard InChI is InChI=1S/C13H17F2N/c1-10-5-2-3-8-16(10)9-11-12(14)6-4-7-13(11)15/h4,6-7,10H,2-3,5,8-9H2,1H3/p+1/t10-/m0/s1. The summed E-state index contributed by atoms with van der Waals surface area (Å²) in [6.45, 7) is 3.65. The molecule has 0 spiro atoms. The number of hydrogen-bond acceptors (Lipinski definition) is 0. The Morgan fingerprint density at radius 1 is 1.25 bits per heavy atom. The molecule has 1 nitrogen and oxygen atoms in total. The monoisotopic (exact) mass is 226 g/mol. The Hall–Kier alpha value is -0.960. The molecule has 0 saturated carbocycles. The molecule has 2 rings (SSSR count). The van der Waals surface area contributed by atoms with E-state index < -0.39 is 11.6 Å². The van der Waals surface area contributed by atoms with Crippen LogP contribution in [0.25, 0.3) is 0 Å². The predicted molar refractivity (Wildman–Crippen MR) is 59.2 cm³/mol. The second-order valence-electron chi connectivity index (χ2n) is 4.68. The summed E-state index contributed by atoms with van der Waals surface area (Å²) in [6, 6.07) is 4.61. The highest BCUT2D eigenvalue weighted by Crippen LogP contribution is 2.11. The number of hydrogen-bond donors (Lipinski definition) is 1. The summed E-state index contributed by atoms with van der Waals surface area (Å²) in [6.07, 6.45) is 3.56. The van der Waals surface area contributed by atoms with Gasteiger partial charge >= 0.3 is 0 Å². The average Bonchev–Trinajstić information content (AvgIpc) is 2.26. The van der Waals surface area contributed by atoms with Crippen molar-refractivity contribution in [2.24, 2.45) is 0 Å². The minimum atomic E-state index is -0.412. The zero-order valence-electron chi connectivity index (χ0n) is 9.60. The predicted octanol–water partition coefficient (Wildman–Crippen LogP) is 1.92. The van der Waals surface area contributed by atoms with E-state index in [0.717, 1.165) is 19.4 Å². The third-order valence-corrected chi connectivity index (χ3v) is 3.55. The maximum absolute atomic E-state index is 13.5. The van der Waals surface area contributed by atoms with Gasteiger partial charge < -0.3 is 4.90 Å². The van der Waals surface area contributed by atoms with Crippen molar-refractivity contribution in [3.63, 3.8) is 0 Å². The summed E-state index contributed by atoms with van der Waals surface area (Å²) in [5.74, 6) is -0.824. The quantitative estimate of drug-likeness (QED) is 0.786. The first kappa shape index (κ1) is 11.5. The molecule has 1 fully saturated rings. The minimum absolute atomic E-state index is 0.242. The van der Waals surface area contributed by atoms with Crippen LogP contribution in [0.1, 0.15) is 31.7 Å². The van der Waals surface area contributed by atoms with Crippen molar-refractivity contribution in [1.82, 2.24) is 0 Å². The minimum Gasteiger partial charge on any atom is -0.329 e. The van der Waals surface area contributed by atoms with E-state index in [9.17, 15) is 8.78 Å². The molecule has 3 heteroatoms. The van der Waals surface area contributed by atoms with Gasteiger partial charge in [-0.05, 0) is 38.3 Å². The first-order valence-corrected chi connectivity index (χ1v) is 5.96. The van der Waals surface area contributed by atoms with Gasteiger partial charge in [-0.15, -0.1) is 0 Å². The Kier molecular flexibility index (Phi) is 3.54. The Morgan fingerprint density at radius 3 is 2.56 bits per heavy atom. The van der Waals surface area contributed by atoms with Crippen LogP contribution in [0.2, 0.25) is 0 Å². The molecule has 88 valence electrons. The van der Waals surface area contributed by atoms with Crippen LogP contribution < -0.4 is 4.90 Å². The van der Waals surface area contributed by atoms with Crippen LogP contribution >= 0.6 is 0 Å². The number of rotatable bonds is 2. The summed E-state index contributed by atoms with van der Waals surface area (Å²) in [7, 11) is 0. The van der Waals surface area contributed by atoms with E-state index in [1.165, 1.54) is 29.5 Å². The largest absolute Gasteiger partial charge is 0.329 e. The Bertz CT molecular complexity index is 345. The van der Waals surface area contributed by atoms with Crippen molar-refractivity contribution >= 4 is 0 Å². The smallest absolute Gasteiger partial charge is 0.135 e. The molecule has 16 heavy (non-hydrogen) atoms. The van der Waals surface area contributed by atoms with Crippen molar-refractivity contribution in [2.45, 2.75) is 38.8 Å². The second kappa shape index (κ2) is 4.91. The summed E-state index contributed by atoms with van der Waals surface area (Å²) in [4.78, 5) is 1.30. The molecule has 1 N–H and O–H groups in total. The van der Waals surface area contributed by atoms with Crippen LogP contribution in [0, 0.1) is 11.6 Å². The highest BCUT2D eigenvalue weighted by molar-refractivity contribution is 5.18. The van der Waals surface area contributed by atoms with E-state index in [1.54, 1.807) is 0 Å². The SMILES string of the molecule is C[C@H]1CCCC[NH+]1Cc1c(F)cccc1F. The summed E-state index contributed by atoms with van der Waals surface area (Å²) in [5, 5.41) is 0. The number of piperidine rings is 1. The Balaban J connectivity index is 2.13. The van der Waals surface area contributed by atoms with E-state index >= 15 is 0 Å². The van der Waals surface area contributed by atoms with Crippen LogP contribution in [0.3, 0.4) is 0 Å². The first-order valence-electron chi connectivity index (χ1n) is 5.96. The van der Waals surface area contributed by atoms with Crippen LogP contribution in [0.5, 0.6) is 0 Å². The van der Waals surface area contributed by atoms with E-state index in [-0.39, 0.29) is 5.56 Å². The molecule has 1 saturated heterocycles. The zero-order valence-corrected chi connectivity index (χ0v) is 9.60. The van der Waals surface area contributed by atoms with Gasteiger partial charge in [-0.3, -0.25) is 0 Å². The fourth-order valence-corrected chi connectivity index (χ4v) is 2.44. The molecule has 1 heterocycles. The maximum Gasteiger partial charge on any atom is 0.135 e. The van der Waals surface area contributed by atoms with Gasteiger partial charge in [0.05, 0.1) is 18.2 Å². The van der Waals surface area contributed by atoms with Crippen LogP contribution in [0.4, 0.5) is 8.78 Å². The molecule has 1 aromatic carbocycles. The van der Waals surface area contributed by atoms with Crippen molar-refractivity contribution < 1.29 is 13.7 Å². The number of likely N-dealkylation sites (tertiary alicyclic amines) is 1. The fourth-order valence-electron chi connectivity index (χ4n) is 2.44. The molecule has 0 aliphatic carbocycles. The number of halogens is 2. The molecule has 1 aromatic rings. The van der Waals surface area contributed by atoms with Gasteiger partial charge in [0, 0.05) is 0 Å². The topological polar surface area (TPSA) is 4.44 Å². The van der Waals surface area contributed by atoms with Crippen LogP contribution in [0.15, 0.2) is 18.2 Å². The Morgan fingerprint density at radius 2 is 1.94 bits per heavy atom. The molecule has 2 atom stereocenters. The molecule has 1 unspecified atom stereocenters. The van der Waals surface area contributed by atoms with Gasteiger partial charge in [0.25, 0.3) is 0 Å². The zero-order chi connectivity index (χ0) is 11.5. The van der Waals surface area contributed by atoms with Gasteiger partial charge in [0.2, 0.25) is 0 Å². The van der Waals surface area contributed by atoms with E-state index in [0.29, 0.717) is 12.6 Å². The first-order chi connectivity index (χ1) is 7.68. The molecular weight excluding hydrogens is 208 g/mol. The molecule has 0 bridgehead atoms. The highest BCUT2D eigenvalue weighted by Gasteiger charge is 2.24. The van der Waals surface area contributed by atoms with Crippen molar-refractivity contribution in [3.8, 4) is 0 Å². The lowest BCUT2D eigenvalue weighted by Gasteiger charge is -2.30. The maximum atomic E-state index is 13.5. The number of quaternary nitrogens is 1. The van der Waals surface area contributed by atoms with Crippen LogP contribution in [-0.2, 0) is 6.54 Å². The lowest BCUT2D eigenvalue weighted by Crippen LogP contribution is -3.15. The normalized spacial score (nSPS) is 25.7. The molecular formula is C13H18F2N+. The van der Waals surface area contributed by atoms with Gasteiger partial charge in [-0.1, -0.05) is 6.07 Å². The van der Waals surface area contributed by atoms with E-state index in [2.05, 4.69) is 6.92 Å². The molecule has 1 aliphatic rings. The molecule has 1 aliphatic heterocycles. The molecule has 0 aromatic heterocycles. The summed E-state index contributed by atoms with van der Waals surface area (Å²) < 4.78 is 27.0. The van der Waals surface area contributed by atoms with E-state index in [1.807, 2.05) is 0 Å². The van der Waals surface area contributed by atoms with Crippen LogP contribution in [-0.4, -0.2) is 12.6 Å². The van der Waals surface area contributed by atoms with Gasteiger partial charge in [0.15, 0.2) is 0 Å². The van der Waals surface area contributed by atoms with Gasteiger partial charge in [-0.2, -0.15) is 0 Å². The third-order valence-electron chi connectivity index (χ3n) is 3.55. The van der Waals surface area contributed by atoms with Crippen molar-refractivity contribution in [3.05, 3.63) is 35.4 Å². The van der Waals surface area contributed by atoms with E-state index in [4.69, 9.17) is 0 Å². The van der Waals surface area contributed by atoms with Gasteiger partial charge in [-0.25, -0.2) is 8.78 Å². The van der Waals surface area contributed by atoms with Crippen molar-refractivity contribution in [2.75, 3.05) is 6.54 Å². The number of nitrogens with one attached hydrogen (secondary N) is 1. The summed E-state index contributed by atoms with van der Waals surface area (Å²) in [5.41, 5.74) is 0.242. The second-order valence-corrected chi connectivity index (χ2v) is 4.68. The Labute approximate surface area is 95.1 Å². The lowest BCUT2D eigenvalue weighted by molar-refractivity contribution is -0.942. The third kappa shape index (κ3) is 2.40. The highest BCUT2D eigenvalue weighted by atomic mass is 19.1. The average molecular weight is 226 g/mol. The number of benzene rings is 1. The molecule has 0 radical (unpaired) electrons. The molecule has 0 amide bonds. The fraction of sp³-hybridized carbons (Fsp3) is 0.538. The van der Waals surface area contributed by atoms with Gasteiger partial charge in [0.1, 0.15) is 18.2 Å². The summed E-state index contributed by atoms with van der Waals surface area (Å²) >= 11 is 0. The van der Waals surface area contributed by atoms with Crippen molar-refractivity contribution in [1.29, 1.82) is 0 Å².